The third-order valence-corrected chi connectivity index (χ3v) is 9.19. The molecule has 0 amide bonds. The summed E-state index contributed by atoms with van der Waals surface area (Å²) in [5, 5.41) is 26.0. The van der Waals surface area contributed by atoms with Crippen molar-refractivity contribution in [2.75, 3.05) is 26.1 Å². The zero-order valence-corrected chi connectivity index (χ0v) is 28.3. The van der Waals surface area contributed by atoms with Crippen LogP contribution in [0, 0.1) is 3.83 Å². The van der Waals surface area contributed by atoms with Gasteiger partial charge in [0.15, 0.2) is 32.7 Å². The second kappa shape index (κ2) is 13.4. The standard InChI is InChI=1S/C28H34IN6O10P/c1-5-12-42-24(37)14(2)34-46(39,40)45-20-16-9-7-6-8-15(16)10-11-17(20)43-13-18-21(36)28(3,38)25(44-18)35-22-19(31-26(35)29)23(41-4)33-27(30)32-22/h6-11,14,18,21,25,36,38H,5,12-13H2,1-4H3,(H2,30,32,33)(H2,34,39,40)/t14-,18+,21+,25+,28+/m0/s1. The lowest BCUT2D eigenvalue weighted by Crippen LogP contribution is -2.45. The quantitative estimate of drug-likeness (QED) is 0.0605. The van der Waals surface area contributed by atoms with Gasteiger partial charge in [0.1, 0.15) is 30.5 Å². The van der Waals surface area contributed by atoms with Crippen LogP contribution in [0.15, 0.2) is 36.4 Å². The largest absolute Gasteiger partial charge is 0.487 e. The van der Waals surface area contributed by atoms with Gasteiger partial charge >= 0.3 is 13.7 Å². The van der Waals surface area contributed by atoms with Crippen molar-refractivity contribution in [3.05, 3.63) is 40.2 Å². The Hall–Kier alpha value is -3.32. The smallest absolute Gasteiger partial charge is 0.457 e. The number of nitrogens with one attached hydrogen (secondary N) is 1. The van der Waals surface area contributed by atoms with E-state index in [9.17, 15) is 24.5 Å². The average Bonchev–Trinajstić information content (AvgIpc) is 3.44. The molecule has 0 radical (unpaired) electrons. The van der Waals surface area contributed by atoms with Crippen molar-refractivity contribution in [3.63, 3.8) is 0 Å². The number of aromatic nitrogens is 4. The van der Waals surface area contributed by atoms with Crippen LogP contribution in [-0.4, -0.2) is 84.8 Å². The Morgan fingerprint density at radius 1 is 1.26 bits per heavy atom. The number of hydrogen-bond donors (Lipinski definition) is 5. The third-order valence-electron chi connectivity index (χ3n) is 7.28. The SMILES string of the molecule is CCCOC(=O)[C@H](C)NP(=O)(O)Oc1c(OC[C@H]2O[C@@H](n3c(I)nc4c(OC)nc(N)nc43)[C@](C)(O)[C@@H]2O)ccc2ccccc12. The van der Waals surface area contributed by atoms with Crippen molar-refractivity contribution in [1.29, 1.82) is 0 Å². The maximum absolute atomic E-state index is 13.2. The zero-order valence-electron chi connectivity index (χ0n) is 25.3. The van der Waals surface area contributed by atoms with Gasteiger partial charge in [0, 0.05) is 28.0 Å². The maximum Gasteiger partial charge on any atom is 0.457 e. The Balaban J connectivity index is 1.41. The third kappa shape index (κ3) is 6.71. The lowest BCUT2D eigenvalue weighted by atomic mass is 9.96. The van der Waals surface area contributed by atoms with Crippen molar-refractivity contribution in [3.8, 4) is 17.4 Å². The molecule has 1 aliphatic rings. The maximum atomic E-state index is 13.2. The summed E-state index contributed by atoms with van der Waals surface area (Å²) < 4.78 is 43.1. The number of halogens is 1. The van der Waals surface area contributed by atoms with Gasteiger partial charge in [0.25, 0.3) is 0 Å². The number of ether oxygens (including phenoxy) is 4. The summed E-state index contributed by atoms with van der Waals surface area (Å²) in [4.78, 5) is 35.7. The van der Waals surface area contributed by atoms with Crippen molar-refractivity contribution in [1.82, 2.24) is 24.6 Å². The number of aliphatic hydroxyl groups excluding tert-OH is 1. The van der Waals surface area contributed by atoms with Crippen LogP contribution in [0.5, 0.6) is 17.4 Å². The van der Waals surface area contributed by atoms with Gasteiger partial charge in [-0.25, -0.2) is 9.55 Å². The summed E-state index contributed by atoms with van der Waals surface area (Å²) in [7, 11) is -3.24. The van der Waals surface area contributed by atoms with E-state index in [1.165, 1.54) is 31.6 Å². The molecule has 46 heavy (non-hydrogen) atoms. The second-order valence-corrected chi connectivity index (χ2v) is 13.2. The van der Waals surface area contributed by atoms with E-state index in [1.54, 1.807) is 30.3 Å². The minimum atomic E-state index is -4.65. The number of esters is 1. The number of aliphatic hydroxyl groups is 2. The van der Waals surface area contributed by atoms with Crippen molar-refractivity contribution >= 4 is 64.2 Å². The number of methoxy groups -OCH3 is 1. The Kier molecular flexibility index (Phi) is 9.93. The molecule has 3 heterocycles. The Bertz CT molecular complexity index is 1810. The molecule has 1 aliphatic heterocycles. The molecule has 6 atom stereocenters. The fraction of sp³-hybridized carbons (Fsp3) is 0.429. The number of imidazole rings is 1. The van der Waals surface area contributed by atoms with E-state index in [2.05, 4.69) is 20.0 Å². The minimum Gasteiger partial charge on any atom is -0.487 e. The van der Waals surface area contributed by atoms with E-state index in [-0.39, 0.29) is 47.7 Å². The molecule has 1 unspecified atom stereocenters. The lowest BCUT2D eigenvalue weighted by molar-refractivity contribution is -0.145. The van der Waals surface area contributed by atoms with Gasteiger partial charge in [-0.1, -0.05) is 37.3 Å². The number of hydrogen-bond acceptors (Lipinski definition) is 13. The molecule has 0 bridgehead atoms. The second-order valence-electron chi connectivity index (χ2n) is 10.8. The van der Waals surface area contributed by atoms with E-state index in [1.807, 2.05) is 29.5 Å². The summed E-state index contributed by atoms with van der Waals surface area (Å²) in [6.45, 7) is 4.46. The number of anilines is 1. The van der Waals surface area contributed by atoms with Crippen LogP contribution in [0.25, 0.3) is 21.9 Å². The van der Waals surface area contributed by atoms with Gasteiger partial charge < -0.3 is 44.3 Å². The molecule has 248 valence electrons. The predicted octanol–water partition coefficient (Wildman–Crippen LogP) is 2.67. The number of nitrogens with two attached hydrogens (primary N) is 1. The first-order valence-corrected chi connectivity index (χ1v) is 16.8. The van der Waals surface area contributed by atoms with Crippen molar-refractivity contribution < 1.29 is 47.9 Å². The Labute approximate surface area is 276 Å². The molecular formula is C28H34IN6O10P. The van der Waals surface area contributed by atoms with E-state index < -0.39 is 43.8 Å². The normalized spacial score (nSPS) is 23.3. The monoisotopic (exact) mass is 772 g/mol. The minimum absolute atomic E-state index is 0.0443. The number of nitrogen functional groups attached to an aromatic ring is 1. The fourth-order valence-electron chi connectivity index (χ4n) is 5.02. The Morgan fingerprint density at radius 3 is 2.72 bits per heavy atom. The van der Waals surface area contributed by atoms with Crippen LogP contribution in [0.1, 0.15) is 33.4 Å². The molecule has 2 aromatic carbocycles. The molecule has 18 heteroatoms. The molecule has 2 aromatic heterocycles. The van der Waals surface area contributed by atoms with Gasteiger partial charge in [-0.05, 0) is 31.7 Å². The summed E-state index contributed by atoms with van der Waals surface area (Å²) >= 11 is 1.93. The molecule has 0 saturated carbocycles. The average molecular weight is 772 g/mol. The van der Waals surface area contributed by atoms with Crippen LogP contribution < -0.4 is 24.8 Å². The lowest BCUT2D eigenvalue weighted by Gasteiger charge is -2.27. The molecule has 6 N–H and O–H groups in total. The van der Waals surface area contributed by atoms with E-state index in [4.69, 9.17) is 29.2 Å². The summed E-state index contributed by atoms with van der Waals surface area (Å²) in [6, 6.07) is 9.06. The highest BCUT2D eigenvalue weighted by atomic mass is 127. The first-order valence-electron chi connectivity index (χ1n) is 14.2. The summed E-state index contributed by atoms with van der Waals surface area (Å²) in [5.41, 5.74) is 4.52. The molecule has 4 aromatic rings. The van der Waals surface area contributed by atoms with Crippen LogP contribution in [0.4, 0.5) is 5.95 Å². The molecule has 0 spiro atoms. The first-order chi connectivity index (χ1) is 21.8. The molecule has 1 fully saturated rings. The molecule has 0 aliphatic carbocycles. The van der Waals surface area contributed by atoms with Crippen molar-refractivity contribution in [2.24, 2.45) is 0 Å². The predicted molar refractivity (Wildman–Crippen MR) is 173 cm³/mol. The van der Waals surface area contributed by atoms with Crippen molar-refractivity contribution in [2.45, 2.75) is 57.3 Å². The highest BCUT2D eigenvalue weighted by Crippen LogP contribution is 2.47. The number of benzene rings is 2. The molecule has 1 saturated heterocycles. The van der Waals surface area contributed by atoms with Crippen LogP contribution in [0.3, 0.4) is 0 Å². The zero-order chi connectivity index (χ0) is 33.4. The topological polar surface area (TPSA) is 223 Å². The van der Waals surface area contributed by atoms with Gasteiger partial charge in [-0.3, -0.25) is 9.36 Å². The van der Waals surface area contributed by atoms with Crippen LogP contribution in [-0.2, 0) is 18.8 Å². The molecular weight excluding hydrogens is 738 g/mol. The molecule has 5 rings (SSSR count). The number of carbonyl (C=O) groups excluding carboxylic acids is 1. The van der Waals surface area contributed by atoms with E-state index >= 15 is 0 Å². The van der Waals surface area contributed by atoms with Crippen LogP contribution in [0.2, 0.25) is 0 Å². The molecule has 16 nitrogen and oxygen atoms in total. The summed E-state index contributed by atoms with van der Waals surface area (Å²) in [6.07, 6.45) is -3.15. The Morgan fingerprint density at radius 2 is 2.00 bits per heavy atom. The highest BCUT2D eigenvalue weighted by molar-refractivity contribution is 14.1. The van der Waals surface area contributed by atoms with Gasteiger partial charge in [-0.2, -0.15) is 15.1 Å². The highest BCUT2D eigenvalue weighted by Gasteiger charge is 2.54. The van der Waals surface area contributed by atoms with Gasteiger partial charge in [-0.15, -0.1) is 0 Å². The number of carbonyl (C=O) groups is 1. The van der Waals surface area contributed by atoms with Gasteiger partial charge in [0.2, 0.25) is 11.8 Å². The number of fused-ring (bicyclic) bond motifs is 2. The van der Waals surface area contributed by atoms with E-state index in [0.29, 0.717) is 21.0 Å². The first kappa shape index (κ1) is 34.0. The number of nitrogens with zero attached hydrogens (tertiary/aromatic N) is 4. The summed E-state index contributed by atoms with van der Waals surface area (Å²) in [5.74, 6) is -0.717. The fourth-order valence-corrected chi connectivity index (χ4v) is 6.83. The van der Waals surface area contributed by atoms with Gasteiger partial charge in [0.05, 0.1) is 13.7 Å². The number of rotatable bonds is 12. The van der Waals surface area contributed by atoms with E-state index in [0.717, 1.165) is 0 Å². The van der Waals surface area contributed by atoms with Crippen LogP contribution >= 0.6 is 30.3 Å².